The normalized spacial score (nSPS) is 12.2. The maximum absolute atomic E-state index is 12.7. The molecule has 1 unspecified atom stereocenters. The van der Waals surface area contributed by atoms with Gasteiger partial charge in [-0.1, -0.05) is 173 Å². The molecule has 0 aliphatic carbocycles. The summed E-state index contributed by atoms with van der Waals surface area (Å²) in [6.07, 6.45) is 48.9. The molecule has 0 heterocycles. The van der Waals surface area contributed by atoms with Gasteiger partial charge in [0.2, 0.25) is 5.91 Å². The van der Waals surface area contributed by atoms with E-state index >= 15 is 0 Å². The molecule has 0 saturated heterocycles. The van der Waals surface area contributed by atoms with E-state index < -0.39 is 5.97 Å². The fourth-order valence-electron chi connectivity index (χ4n) is 6.54. The van der Waals surface area contributed by atoms with Gasteiger partial charge in [0, 0.05) is 12.8 Å². The first-order valence-corrected chi connectivity index (χ1v) is 22.0. The van der Waals surface area contributed by atoms with Gasteiger partial charge in [-0.25, -0.2) is 0 Å². The number of carboxylic acid groups (broad SMARTS) is 1. The number of carbonyl (C=O) groups is 3. The fraction of sp³-hybridized carbons (Fsp3) is 0.844. The lowest BCUT2D eigenvalue weighted by molar-refractivity contribution is -0.147. The van der Waals surface area contributed by atoms with Crippen molar-refractivity contribution in [1.82, 2.24) is 5.32 Å². The molecule has 298 valence electrons. The van der Waals surface area contributed by atoms with Crippen LogP contribution in [0.15, 0.2) is 24.3 Å². The highest BCUT2D eigenvalue weighted by Crippen LogP contribution is 2.16. The van der Waals surface area contributed by atoms with E-state index in [0.717, 1.165) is 64.2 Å². The SMILES string of the molecule is CCCCCCCC/C=C\CCCCCCCCCCCC(=O)OC(/C=C\CCCCCCCCC)CCCCCCCCC(=O)NCC(=O)O. The first-order valence-electron chi connectivity index (χ1n) is 22.0. The molecule has 0 aliphatic rings. The van der Waals surface area contributed by atoms with Crippen LogP contribution in [0.5, 0.6) is 0 Å². The monoisotopic (exact) mass is 718 g/mol. The molecule has 0 aromatic rings. The third-order valence-electron chi connectivity index (χ3n) is 9.83. The Morgan fingerprint density at radius 3 is 1.37 bits per heavy atom. The zero-order valence-electron chi connectivity index (χ0n) is 33.7. The highest BCUT2D eigenvalue weighted by atomic mass is 16.5. The van der Waals surface area contributed by atoms with E-state index in [1.54, 1.807) is 0 Å². The van der Waals surface area contributed by atoms with Gasteiger partial charge in [0.15, 0.2) is 0 Å². The number of unbranched alkanes of at least 4 members (excludes halogenated alkanes) is 27. The number of amides is 1. The van der Waals surface area contributed by atoms with E-state index in [-0.39, 0.29) is 24.5 Å². The number of rotatable bonds is 40. The number of hydrogen-bond donors (Lipinski definition) is 2. The number of hydrogen-bond acceptors (Lipinski definition) is 4. The number of aliphatic carboxylic acids is 1. The first-order chi connectivity index (χ1) is 25.0. The standard InChI is InChI=1S/C45H83NO5/c1-3-5-7-9-11-13-14-15-16-17-18-19-20-21-22-24-26-32-36-40-45(50)51-42(37-33-29-25-23-12-10-8-6-4-2)38-34-30-27-28-31-35-39-43(47)46-41-44(48)49/h15-16,33,37,42H,3-14,17-32,34-36,38-41H2,1-2H3,(H,46,47)(H,48,49)/b16-15-,37-33-. The Kier molecular flexibility index (Phi) is 39.0. The first kappa shape index (κ1) is 48.9. The molecule has 1 amide bonds. The van der Waals surface area contributed by atoms with Gasteiger partial charge in [0.25, 0.3) is 0 Å². The smallest absolute Gasteiger partial charge is 0.322 e. The molecule has 0 aromatic carbocycles. The molecular weight excluding hydrogens is 634 g/mol. The molecule has 0 aromatic heterocycles. The van der Waals surface area contributed by atoms with Crippen molar-refractivity contribution in [2.75, 3.05) is 6.54 Å². The van der Waals surface area contributed by atoms with E-state index in [9.17, 15) is 14.4 Å². The Hall–Kier alpha value is -2.11. The number of esters is 1. The summed E-state index contributed by atoms with van der Waals surface area (Å²) < 4.78 is 5.95. The highest BCUT2D eigenvalue weighted by Gasteiger charge is 2.12. The molecule has 6 nitrogen and oxygen atoms in total. The van der Waals surface area contributed by atoms with Gasteiger partial charge in [-0.05, 0) is 70.3 Å². The van der Waals surface area contributed by atoms with E-state index in [4.69, 9.17) is 9.84 Å². The van der Waals surface area contributed by atoms with Crippen molar-refractivity contribution in [3.05, 3.63) is 24.3 Å². The second-order valence-corrected chi connectivity index (χ2v) is 14.9. The molecule has 0 bridgehead atoms. The predicted molar refractivity (Wildman–Crippen MR) is 217 cm³/mol. The Balaban J connectivity index is 4.07. The average Bonchev–Trinajstić information content (AvgIpc) is 3.11. The van der Waals surface area contributed by atoms with E-state index in [1.165, 1.54) is 141 Å². The van der Waals surface area contributed by atoms with Gasteiger partial charge in [-0.3, -0.25) is 14.4 Å². The van der Waals surface area contributed by atoms with Crippen molar-refractivity contribution in [3.8, 4) is 0 Å². The number of carbonyl (C=O) groups excluding carboxylic acids is 2. The van der Waals surface area contributed by atoms with Crippen LogP contribution in [0.25, 0.3) is 0 Å². The van der Waals surface area contributed by atoms with Crippen LogP contribution >= 0.6 is 0 Å². The zero-order valence-corrected chi connectivity index (χ0v) is 33.7. The van der Waals surface area contributed by atoms with Gasteiger partial charge < -0.3 is 15.2 Å². The molecule has 51 heavy (non-hydrogen) atoms. The van der Waals surface area contributed by atoms with Crippen LogP contribution in [0.2, 0.25) is 0 Å². The molecular formula is C45H83NO5. The third kappa shape index (κ3) is 40.5. The van der Waals surface area contributed by atoms with E-state index in [0.29, 0.717) is 12.8 Å². The molecule has 0 saturated carbocycles. The minimum absolute atomic E-state index is 0.0530. The Morgan fingerprint density at radius 2 is 0.902 bits per heavy atom. The highest BCUT2D eigenvalue weighted by molar-refractivity contribution is 5.80. The van der Waals surface area contributed by atoms with Gasteiger partial charge in [-0.15, -0.1) is 0 Å². The van der Waals surface area contributed by atoms with E-state index in [1.807, 2.05) is 0 Å². The maximum Gasteiger partial charge on any atom is 0.322 e. The molecule has 6 heteroatoms. The predicted octanol–water partition coefficient (Wildman–Crippen LogP) is 13.5. The zero-order chi connectivity index (χ0) is 37.3. The fourth-order valence-corrected chi connectivity index (χ4v) is 6.54. The van der Waals surface area contributed by atoms with Crippen molar-refractivity contribution >= 4 is 17.8 Å². The summed E-state index contributed by atoms with van der Waals surface area (Å²) in [5, 5.41) is 11.1. The topological polar surface area (TPSA) is 92.7 Å². The molecule has 0 radical (unpaired) electrons. The summed E-state index contributed by atoms with van der Waals surface area (Å²) in [6.45, 7) is 4.22. The van der Waals surface area contributed by atoms with Crippen molar-refractivity contribution in [3.63, 3.8) is 0 Å². The summed E-state index contributed by atoms with van der Waals surface area (Å²) in [5.41, 5.74) is 0. The molecule has 2 N–H and O–H groups in total. The average molecular weight is 718 g/mol. The largest absolute Gasteiger partial charge is 0.480 e. The summed E-state index contributed by atoms with van der Waals surface area (Å²) in [4.78, 5) is 34.9. The minimum Gasteiger partial charge on any atom is -0.480 e. The van der Waals surface area contributed by atoms with Gasteiger partial charge in [0.1, 0.15) is 12.6 Å². The maximum atomic E-state index is 12.7. The van der Waals surface area contributed by atoms with E-state index in [2.05, 4.69) is 43.5 Å². The number of nitrogens with one attached hydrogen (secondary N) is 1. The molecule has 0 spiro atoms. The minimum atomic E-state index is -1.01. The van der Waals surface area contributed by atoms with Crippen LogP contribution in [0, 0.1) is 0 Å². The molecule has 0 fully saturated rings. The number of allylic oxidation sites excluding steroid dienone is 3. The summed E-state index contributed by atoms with van der Waals surface area (Å²) in [6, 6.07) is 0. The lowest BCUT2D eigenvalue weighted by Gasteiger charge is -2.15. The van der Waals surface area contributed by atoms with Gasteiger partial charge in [0.05, 0.1) is 0 Å². The van der Waals surface area contributed by atoms with Crippen LogP contribution in [-0.4, -0.2) is 35.6 Å². The number of ether oxygens (including phenoxy) is 1. The Bertz CT molecular complexity index is 838. The van der Waals surface area contributed by atoms with Crippen molar-refractivity contribution < 1.29 is 24.2 Å². The second kappa shape index (κ2) is 40.7. The summed E-state index contributed by atoms with van der Waals surface area (Å²) in [5.74, 6) is -1.26. The Morgan fingerprint density at radius 1 is 0.510 bits per heavy atom. The lowest BCUT2D eigenvalue weighted by atomic mass is 10.0. The second-order valence-electron chi connectivity index (χ2n) is 14.9. The molecule has 0 rings (SSSR count). The van der Waals surface area contributed by atoms with Crippen LogP contribution < -0.4 is 5.32 Å². The summed E-state index contributed by atoms with van der Waals surface area (Å²) in [7, 11) is 0. The van der Waals surface area contributed by atoms with Gasteiger partial charge >= 0.3 is 11.9 Å². The summed E-state index contributed by atoms with van der Waals surface area (Å²) >= 11 is 0. The third-order valence-corrected chi connectivity index (χ3v) is 9.83. The van der Waals surface area contributed by atoms with Crippen molar-refractivity contribution in [2.45, 2.75) is 238 Å². The van der Waals surface area contributed by atoms with Crippen LogP contribution in [0.3, 0.4) is 0 Å². The lowest BCUT2D eigenvalue weighted by Crippen LogP contribution is -2.28. The number of carboxylic acids is 1. The van der Waals surface area contributed by atoms with Crippen molar-refractivity contribution in [2.24, 2.45) is 0 Å². The molecule has 1 atom stereocenters. The van der Waals surface area contributed by atoms with Crippen LogP contribution in [0.4, 0.5) is 0 Å². The quantitative estimate of drug-likeness (QED) is 0.0374. The van der Waals surface area contributed by atoms with Crippen LogP contribution in [-0.2, 0) is 19.1 Å². The van der Waals surface area contributed by atoms with Crippen LogP contribution in [0.1, 0.15) is 232 Å². The van der Waals surface area contributed by atoms with Crippen molar-refractivity contribution in [1.29, 1.82) is 0 Å². The Labute approximate surface area is 315 Å². The molecule has 0 aliphatic heterocycles. The van der Waals surface area contributed by atoms with Gasteiger partial charge in [-0.2, -0.15) is 0 Å².